The molecule has 0 radical (unpaired) electrons. The molecule has 0 bridgehead atoms. The van der Waals surface area contributed by atoms with Gasteiger partial charge in [0, 0.05) is 13.2 Å². The highest BCUT2D eigenvalue weighted by Gasteiger charge is 2.42. The van der Waals surface area contributed by atoms with Gasteiger partial charge in [-0.3, -0.25) is 9.59 Å². The van der Waals surface area contributed by atoms with Crippen molar-refractivity contribution in [1.82, 2.24) is 4.90 Å². The van der Waals surface area contributed by atoms with E-state index in [0.717, 1.165) is 11.1 Å². The quantitative estimate of drug-likeness (QED) is 0.533. The molecule has 1 atom stereocenters. The summed E-state index contributed by atoms with van der Waals surface area (Å²) in [6.07, 6.45) is 0.698. The Labute approximate surface area is 192 Å². The lowest BCUT2D eigenvalue weighted by atomic mass is 9.97. The van der Waals surface area contributed by atoms with Crippen LogP contribution in [0, 0.1) is 13.8 Å². The van der Waals surface area contributed by atoms with E-state index in [9.17, 15) is 14.7 Å². The molecule has 7 heteroatoms. The Hall–Kier alpha value is -3.32. The normalized spacial score (nSPS) is 15.5. The summed E-state index contributed by atoms with van der Waals surface area (Å²) in [5.74, 6) is -0.000307. The number of aromatic hydroxyl groups is 1. The summed E-state index contributed by atoms with van der Waals surface area (Å²) in [5.41, 5.74) is 2.95. The largest absolute Gasteiger partial charge is 0.504 e. The molecule has 33 heavy (non-hydrogen) atoms. The zero-order valence-electron chi connectivity index (χ0n) is 19.6. The van der Waals surface area contributed by atoms with Gasteiger partial charge in [-0.05, 0) is 69.0 Å². The number of phenolic OH excluding ortho intramolecular Hbond substituents is 1. The van der Waals surface area contributed by atoms with Gasteiger partial charge in [0.25, 0.3) is 5.91 Å². The predicted octanol–water partition coefficient (Wildman–Crippen LogP) is 4.48. The predicted molar refractivity (Wildman–Crippen MR) is 125 cm³/mol. The molecule has 2 aromatic carbocycles. The van der Waals surface area contributed by atoms with E-state index in [-0.39, 0.29) is 34.7 Å². The minimum absolute atomic E-state index is 0.0144. The molecule has 0 saturated carbocycles. The lowest BCUT2D eigenvalue weighted by Gasteiger charge is -2.25. The molecule has 0 spiro atoms. The van der Waals surface area contributed by atoms with Crippen LogP contribution in [0.15, 0.2) is 39.5 Å². The molecule has 0 saturated heterocycles. The van der Waals surface area contributed by atoms with Crippen molar-refractivity contribution in [3.8, 4) is 11.5 Å². The molecule has 3 aromatic rings. The number of benzene rings is 2. The molecule has 2 heterocycles. The fraction of sp³-hybridized carbons (Fsp3) is 0.385. The number of amides is 1. The van der Waals surface area contributed by atoms with Gasteiger partial charge in [0.15, 0.2) is 16.9 Å². The molecule has 0 fully saturated rings. The second kappa shape index (κ2) is 8.90. The monoisotopic (exact) mass is 451 g/mol. The number of rotatable bonds is 7. The van der Waals surface area contributed by atoms with Crippen LogP contribution in [-0.4, -0.2) is 42.3 Å². The summed E-state index contributed by atoms with van der Waals surface area (Å²) in [7, 11) is 1.46. The van der Waals surface area contributed by atoms with E-state index in [1.54, 1.807) is 23.1 Å². The summed E-state index contributed by atoms with van der Waals surface area (Å²) < 4.78 is 17.0. The van der Waals surface area contributed by atoms with Crippen LogP contribution in [0.25, 0.3) is 11.0 Å². The highest BCUT2D eigenvalue weighted by molar-refractivity contribution is 5.99. The standard InChI is InChI=1S/C26H29NO6/c1-14(2)32-10-6-9-27-22(17-7-8-19(28)20(13-17)31-5)21-23(29)18-12-15(3)11-16(4)24(18)33-25(21)26(27)30/h7-8,11-14,22,28H,6,9-10H2,1-5H3. The van der Waals surface area contributed by atoms with E-state index in [2.05, 4.69) is 0 Å². The Bertz CT molecular complexity index is 1280. The van der Waals surface area contributed by atoms with Crippen molar-refractivity contribution in [2.75, 3.05) is 20.3 Å². The van der Waals surface area contributed by atoms with Gasteiger partial charge in [-0.2, -0.15) is 0 Å². The summed E-state index contributed by atoms with van der Waals surface area (Å²) in [6.45, 7) is 8.59. The first-order valence-corrected chi connectivity index (χ1v) is 11.1. The fourth-order valence-corrected chi connectivity index (χ4v) is 4.47. The summed E-state index contributed by atoms with van der Waals surface area (Å²) in [4.78, 5) is 28.8. The van der Waals surface area contributed by atoms with Gasteiger partial charge in [-0.15, -0.1) is 0 Å². The van der Waals surface area contributed by atoms with E-state index in [1.165, 1.54) is 13.2 Å². The third-order valence-corrected chi connectivity index (χ3v) is 5.91. The first kappa shape index (κ1) is 22.9. The van der Waals surface area contributed by atoms with E-state index in [1.807, 2.05) is 33.8 Å². The molecule has 7 nitrogen and oxygen atoms in total. The van der Waals surface area contributed by atoms with Crippen molar-refractivity contribution >= 4 is 16.9 Å². The molecule has 1 aromatic heterocycles. The average molecular weight is 452 g/mol. The third kappa shape index (κ3) is 4.09. The van der Waals surface area contributed by atoms with E-state index < -0.39 is 6.04 Å². The number of aryl methyl sites for hydroxylation is 2. The highest BCUT2D eigenvalue weighted by atomic mass is 16.5. The molecular formula is C26H29NO6. The van der Waals surface area contributed by atoms with Gasteiger partial charge in [-0.25, -0.2) is 0 Å². The SMILES string of the molecule is COc1cc(C2c3c(oc4c(C)cc(C)cc4c3=O)C(=O)N2CCCOC(C)C)ccc1O. The van der Waals surface area contributed by atoms with Gasteiger partial charge < -0.3 is 23.9 Å². The van der Waals surface area contributed by atoms with Gasteiger partial charge in [0.05, 0.1) is 30.2 Å². The summed E-state index contributed by atoms with van der Waals surface area (Å²) in [5, 5.41) is 10.5. The Balaban J connectivity index is 1.88. The van der Waals surface area contributed by atoms with Gasteiger partial charge in [0.1, 0.15) is 5.58 Å². The van der Waals surface area contributed by atoms with E-state index in [0.29, 0.717) is 41.7 Å². The topological polar surface area (TPSA) is 89.2 Å². The maximum Gasteiger partial charge on any atom is 0.290 e. The van der Waals surface area contributed by atoms with Gasteiger partial charge in [-0.1, -0.05) is 12.1 Å². The van der Waals surface area contributed by atoms with E-state index >= 15 is 0 Å². The maximum atomic E-state index is 13.7. The first-order chi connectivity index (χ1) is 15.7. The summed E-state index contributed by atoms with van der Waals surface area (Å²) >= 11 is 0. The number of methoxy groups -OCH3 is 1. The lowest BCUT2D eigenvalue weighted by Crippen LogP contribution is -2.31. The summed E-state index contributed by atoms with van der Waals surface area (Å²) in [6, 6.07) is 7.95. The minimum Gasteiger partial charge on any atom is -0.504 e. The first-order valence-electron chi connectivity index (χ1n) is 11.1. The Morgan fingerprint density at radius 2 is 1.91 bits per heavy atom. The minimum atomic E-state index is -0.650. The second-order valence-corrected chi connectivity index (χ2v) is 8.74. The van der Waals surface area contributed by atoms with Crippen molar-refractivity contribution < 1.29 is 23.8 Å². The zero-order valence-corrected chi connectivity index (χ0v) is 19.6. The van der Waals surface area contributed by atoms with Gasteiger partial charge in [0.2, 0.25) is 5.76 Å². The average Bonchev–Trinajstić information content (AvgIpc) is 3.04. The van der Waals surface area contributed by atoms with Crippen LogP contribution in [0.3, 0.4) is 0 Å². The molecular weight excluding hydrogens is 422 g/mol. The zero-order chi connectivity index (χ0) is 23.9. The smallest absolute Gasteiger partial charge is 0.290 e. The number of ether oxygens (including phenoxy) is 2. The van der Waals surface area contributed by atoms with Crippen LogP contribution >= 0.6 is 0 Å². The van der Waals surface area contributed by atoms with Gasteiger partial charge >= 0.3 is 0 Å². The highest BCUT2D eigenvalue weighted by Crippen LogP contribution is 2.41. The Kier molecular flexibility index (Phi) is 6.17. The molecule has 1 N–H and O–H groups in total. The lowest BCUT2D eigenvalue weighted by molar-refractivity contribution is 0.0593. The van der Waals surface area contributed by atoms with Crippen molar-refractivity contribution in [1.29, 1.82) is 0 Å². The van der Waals surface area contributed by atoms with Crippen LogP contribution in [0.4, 0.5) is 0 Å². The molecule has 1 aliphatic rings. The Morgan fingerprint density at radius 3 is 2.61 bits per heavy atom. The molecule has 4 rings (SSSR count). The van der Waals surface area contributed by atoms with Crippen molar-refractivity contribution in [3.63, 3.8) is 0 Å². The maximum absolute atomic E-state index is 13.7. The van der Waals surface area contributed by atoms with Crippen molar-refractivity contribution in [2.45, 2.75) is 46.3 Å². The second-order valence-electron chi connectivity index (χ2n) is 8.74. The fourth-order valence-electron chi connectivity index (χ4n) is 4.47. The van der Waals surface area contributed by atoms with Crippen molar-refractivity contribution in [3.05, 3.63) is 68.6 Å². The number of carbonyl (C=O) groups is 1. The number of hydrogen-bond acceptors (Lipinski definition) is 6. The molecule has 174 valence electrons. The van der Waals surface area contributed by atoms with Crippen LogP contribution in [0.1, 0.15) is 59.1 Å². The van der Waals surface area contributed by atoms with Crippen LogP contribution in [0.5, 0.6) is 11.5 Å². The number of nitrogens with zero attached hydrogens (tertiary/aromatic N) is 1. The van der Waals surface area contributed by atoms with Crippen LogP contribution in [-0.2, 0) is 4.74 Å². The third-order valence-electron chi connectivity index (χ3n) is 5.91. The van der Waals surface area contributed by atoms with Crippen molar-refractivity contribution in [2.24, 2.45) is 0 Å². The number of carbonyl (C=O) groups excluding carboxylic acids is 1. The van der Waals surface area contributed by atoms with Crippen LogP contribution < -0.4 is 10.2 Å². The number of fused-ring (bicyclic) bond motifs is 2. The molecule has 1 unspecified atom stereocenters. The molecule has 0 aliphatic carbocycles. The van der Waals surface area contributed by atoms with E-state index in [4.69, 9.17) is 13.9 Å². The number of phenols is 1. The Morgan fingerprint density at radius 1 is 1.15 bits per heavy atom. The van der Waals surface area contributed by atoms with Crippen LogP contribution in [0.2, 0.25) is 0 Å². The molecule has 1 amide bonds. The number of hydrogen-bond donors (Lipinski definition) is 1. The molecule has 1 aliphatic heterocycles.